The molecule has 2 aromatic rings. The summed E-state index contributed by atoms with van der Waals surface area (Å²) in [5.41, 5.74) is 15.3. The van der Waals surface area contributed by atoms with Gasteiger partial charge >= 0.3 is 0 Å². The minimum Gasteiger partial charge on any atom is -0.366 e. The van der Waals surface area contributed by atoms with Crippen molar-refractivity contribution in [3.63, 3.8) is 0 Å². The van der Waals surface area contributed by atoms with E-state index in [2.05, 4.69) is 0 Å². The van der Waals surface area contributed by atoms with Crippen LogP contribution in [0, 0.1) is 11.8 Å². The van der Waals surface area contributed by atoms with Gasteiger partial charge in [-0.25, -0.2) is 0 Å². The lowest BCUT2D eigenvalue weighted by atomic mass is 9.79. The van der Waals surface area contributed by atoms with E-state index in [0.717, 1.165) is 54.6 Å². The molecule has 188 valence electrons. The Hall–Kier alpha value is -3.68. The Kier molecular flexibility index (Phi) is 6.51. The third kappa shape index (κ3) is 4.25. The molecular formula is C28H32N4O4. The molecule has 0 radical (unpaired) electrons. The summed E-state index contributed by atoms with van der Waals surface area (Å²) in [5.74, 6) is -1.43. The monoisotopic (exact) mass is 488 g/mol. The molecule has 1 saturated carbocycles. The second kappa shape index (κ2) is 9.76. The molecule has 3 aliphatic rings. The summed E-state index contributed by atoms with van der Waals surface area (Å²) in [6.45, 7) is 1.19. The highest BCUT2D eigenvalue weighted by Gasteiger charge is 2.38. The summed E-state index contributed by atoms with van der Waals surface area (Å²) >= 11 is 0. The Bertz CT molecular complexity index is 1150. The highest BCUT2D eigenvalue weighted by atomic mass is 16.2. The van der Waals surface area contributed by atoms with Gasteiger partial charge in [0.15, 0.2) is 0 Å². The van der Waals surface area contributed by atoms with E-state index in [-0.39, 0.29) is 23.7 Å². The van der Waals surface area contributed by atoms with Crippen molar-refractivity contribution in [1.29, 1.82) is 0 Å². The van der Waals surface area contributed by atoms with Gasteiger partial charge in [0.25, 0.3) is 0 Å². The number of hydrogen-bond acceptors (Lipinski definition) is 4. The van der Waals surface area contributed by atoms with Gasteiger partial charge in [0.05, 0.1) is 0 Å². The fourth-order valence-corrected chi connectivity index (χ4v) is 6.25. The third-order valence-corrected chi connectivity index (χ3v) is 7.94. The molecule has 4 amide bonds. The van der Waals surface area contributed by atoms with Gasteiger partial charge in [-0.2, -0.15) is 0 Å². The van der Waals surface area contributed by atoms with Crippen LogP contribution < -0.4 is 21.3 Å². The van der Waals surface area contributed by atoms with Crippen molar-refractivity contribution >= 4 is 35.0 Å². The molecule has 8 nitrogen and oxygen atoms in total. The Morgan fingerprint density at radius 1 is 0.667 bits per heavy atom. The normalized spacial score (nSPS) is 21.3. The van der Waals surface area contributed by atoms with Gasteiger partial charge < -0.3 is 21.3 Å². The van der Waals surface area contributed by atoms with Crippen molar-refractivity contribution in [2.45, 2.75) is 51.4 Å². The predicted molar refractivity (Wildman–Crippen MR) is 137 cm³/mol. The van der Waals surface area contributed by atoms with E-state index in [9.17, 15) is 19.2 Å². The molecule has 2 unspecified atom stereocenters. The van der Waals surface area contributed by atoms with Crippen LogP contribution in [0.25, 0.3) is 0 Å². The Labute approximate surface area is 210 Å². The van der Waals surface area contributed by atoms with Crippen LogP contribution in [0.5, 0.6) is 0 Å². The predicted octanol–water partition coefficient (Wildman–Crippen LogP) is 2.95. The summed E-state index contributed by atoms with van der Waals surface area (Å²) in [5, 5.41) is 0. The molecule has 2 aliphatic heterocycles. The van der Waals surface area contributed by atoms with Gasteiger partial charge in [-0.05, 0) is 80.3 Å². The van der Waals surface area contributed by atoms with Crippen LogP contribution in [0.3, 0.4) is 0 Å². The minimum absolute atomic E-state index is 0.0186. The van der Waals surface area contributed by atoms with E-state index in [1.54, 1.807) is 34.1 Å². The lowest BCUT2D eigenvalue weighted by Crippen LogP contribution is -2.45. The highest BCUT2D eigenvalue weighted by Crippen LogP contribution is 2.38. The highest BCUT2D eigenvalue weighted by molar-refractivity contribution is 6.03. The average molecular weight is 489 g/mol. The molecule has 2 heterocycles. The van der Waals surface area contributed by atoms with Crippen LogP contribution in [0.4, 0.5) is 11.4 Å². The molecule has 1 fully saturated rings. The topological polar surface area (TPSA) is 127 Å². The molecule has 0 aromatic heterocycles. The summed E-state index contributed by atoms with van der Waals surface area (Å²) in [6, 6.07) is 10.7. The van der Waals surface area contributed by atoms with Gasteiger partial charge in [-0.3, -0.25) is 19.2 Å². The standard InChI is InChI=1S/C28H32N4O4/c29-25(33)21-8-2-12-23-19(21)10-4-14-31(23)27(35)17-6-1-7-18(16-17)28(36)32-15-5-11-20-22(26(30)34)9-3-13-24(20)32/h2-3,8-9,12-13,17-18H,1,4-7,10-11,14-16H2,(H2,29,33)(H2,30,34). The molecule has 0 spiro atoms. The van der Waals surface area contributed by atoms with Crippen LogP contribution in [0.1, 0.15) is 70.4 Å². The smallest absolute Gasteiger partial charge is 0.249 e. The summed E-state index contributed by atoms with van der Waals surface area (Å²) in [6.07, 6.45) is 5.75. The largest absolute Gasteiger partial charge is 0.366 e. The van der Waals surface area contributed by atoms with E-state index in [1.807, 2.05) is 12.1 Å². The molecule has 36 heavy (non-hydrogen) atoms. The maximum absolute atomic E-state index is 13.7. The third-order valence-electron chi connectivity index (χ3n) is 7.94. The van der Waals surface area contributed by atoms with E-state index >= 15 is 0 Å². The number of hydrogen-bond donors (Lipinski definition) is 2. The molecule has 4 N–H and O–H groups in total. The number of nitrogens with two attached hydrogens (primary N) is 2. The van der Waals surface area contributed by atoms with Gasteiger partial charge in [-0.15, -0.1) is 0 Å². The SMILES string of the molecule is NC(=O)c1cccc2c1CCCN2C(=O)C1CCCC(C(=O)N2CCCc3c(C(N)=O)cccc32)C1. The lowest BCUT2D eigenvalue weighted by Gasteiger charge is -2.38. The number of benzene rings is 2. The minimum atomic E-state index is -0.481. The molecule has 0 bridgehead atoms. The molecule has 2 atom stereocenters. The Morgan fingerprint density at radius 3 is 1.53 bits per heavy atom. The van der Waals surface area contributed by atoms with E-state index in [0.29, 0.717) is 43.5 Å². The van der Waals surface area contributed by atoms with E-state index in [4.69, 9.17) is 11.5 Å². The molecule has 2 aromatic carbocycles. The fraction of sp³-hybridized carbons (Fsp3) is 0.429. The second-order valence-electron chi connectivity index (χ2n) is 10.1. The summed E-state index contributed by atoms with van der Waals surface area (Å²) in [7, 11) is 0. The van der Waals surface area contributed by atoms with Gasteiger partial charge in [-0.1, -0.05) is 18.6 Å². The number of primary amides is 2. The van der Waals surface area contributed by atoms with Crippen molar-refractivity contribution in [3.8, 4) is 0 Å². The average Bonchev–Trinajstić information content (AvgIpc) is 2.90. The van der Waals surface area contributed by atoms with E-state index in [1.165, 1.54) is 0 Å². The zero-order chi connectivity index (χ0) is 25.4. The Morgan fingerprint density at radius 2 is 1.11 bits per heavy atom. The molecular weight excluding hydrogens is 456 g/mol. The maximum Gasteiger partial charge on any atom is 0.249 e. The summed E-state index contributed by atoms with van der Waals surface area (Å²) in [4.78, 5) is 54.8. The molecule has 5 rings (SSSR count). The molecule has 8 heteroatoms. The second-order valence-corrected chi connectivity index (χ2v) is 10.1. The zero-order valence-corrected chi connectivity index (χ0v) is 20.4. The number of nitrogens with zero attached hydrogens (tertiary/aromatic N) is 2. The Balaban J connectivity index is 1.36. The summed E-state index contributed by atoms with van der Waals surface area (Å²) < 4.78 is 0. The van der Waals surface area contributed by atoms with Crippen LogP contribution in [0.2, 0.25) is 0 Å². The van der Waals surface area contributed by atoms with Crippen molar-refractivity contribution < 1.29 is 19.2 Å². The van der Waals surface area contributed by atoms with Crippen molar-refractivity contribution in [2.75, 3.05) is 22.9 Å². The first-order valence-electron chi connectivity index (χ1n) is 12.8. The van der Waals surface area contributed by atoms with E-state index < -0.39 is 11.8 Å². The van der Waals surface area contributed by atoms with Crippen molar-refractivity contribution in [1.82, 2.24) is 0 Å². The maximum atomic E-state index is 13.7. The number of anilines is 2. The van der Waals surface area contributed by atoms with Gasteiger partial charge in [0.1, 0.15) is 0 Å². The van der Waals surface area contributed by atoms with Crippen molar-refractivity contribution in [3.05, 3.63) is 58.7 Å². The molecule has 1 aliphatic carbocycles. The fourth-order valence-electron chi connectivity index (χ4n) is 6.25. The van der Waals surface area contributed by atoms with Crippen LogP contribution >= 0.6 is 0 Å². The number of rotatable bonds is 4. The quantitative estimate of drug-likeness (QED) is 0.686. The number of amides is 4. The van der Waals surface area contributed by atoms with Gasteiger partial charge in [0, 0.05) is 47.4 Å². The number of carbonyl (C=O) groups excluding carboxylic acids is 4. The zero-order valence-electron chi connectivity index (χ0n) is 20.4. The lowest BCUT2D eigenvalue weighted by molar-refractivity contribution is -0.127. The van der Waals surface area contributed by atoms with Crippen LogP contribution in [0.15, 0.2) is 36.4 Å². The number of carbonyl (C=O) groups is 4. The van der Waals surface area contributed by atoms with Crippen LogP contribution in [-0.4, -0.2) is 36.7 Å². The van der Waals surface area contributed by atoms with Crippen molar-refractivity contribution in [2.24, 2.45) is 23.3 Å². The first-order valence-corrected chi connectivity index (χ1v) is 12.8. The first-order chi connectivity index (χ1) is 17.4. The number of fused-ring (bicyclic) bond motifs is 2. The van der Waals surface area contributed by atoms with Gasteiger partial charge in [0.2, 0.25) is 23.6 Å². The first kappa shape index (κ1) is 24.0. The van der Waals surface area contributed by atoms with Crippen LogP contribution in [-0.2, 0) is 22.4 Å². The molecule has 0 saturated heterocycles.